The van der Waals surface area contributed by atoms with Crippen LogP contribution in [0, 0.1) is 23.7 Å². The summed E-state index contributed by atoms with van der Waals surface area (Å²) in [6.45, 7) is 14.9. The number of carbonyl (C=O) groups is 2. The quantitative estimate of drug-likeness (QED) is 0.0849. The van der Waals surface area contributed by atoms with Crippen LogP contribution < -0.4 is 0 Å². The van der Waals surface area contributed by atoms with Gasteiger partial charge in [0.15, 0.2) is 25.2 Å². The maximum absolute atomic E-state index is 14.6. The van der Waals surface area contributed by atoms with Crippen LogP contribution in [0.3, 0.4) is 0 Å². The highest BCUT2D eigenvalue weighted by Gasteiger charge is 2.57. The first kappa shape index (κ1) is 63.1. The lowest BCUT2D eigenvalue weighted by Gasteiger charge is -2.51. The van der Waals surface area contributed by atoms with Gasteiger partial charge in [0, 0.05) is 44.4 Å². The van der Waals surface area contributed by atoms with Crippen LogP contribution in [0.25, 0.3) is 0 Å². The van der Waals surface area contributed by atoms with Crippen molar-refractivity contribution in [3.63, 3.8) is 0 Å². The normalized spacial score (nSPS) is 50.6. The average Bonchev–Trinajstić information content (AvgIpc) is 3.36. The van der Waals surface area contributed by atoms with Gasteiger partial charge in [0.1, 0.15) is 78.5 Å². The zero-order valence-electron chi connectivity index (χ0n) is 45.4. The lowest BCUT2D eigenvalue weighted by Crippen LogP contribution is -2.66. The average molecular weight is 1070 g/mol. The van der Waals surface area contributed by atoms with Gasteiger partial charge in [-0.1, -0.05) is 27.7 Å². The molecule has 0 aromatic heterocycles. The molecule has 0 unspecified atom stereocenters. The van der Waals surface area contributed by atoms with Gasteiger partial charge in [-0.05, 0) is 74.9 Å². The van der Waals surface area contributed by atoms with E-state index in [1.807, 2.05) is 25.9 Å². The highest BCUT2D eigenvalue weighted by atomic mass is 16.8. The second kappa shape index (κ2) is 25.6. The number of carbonyl (C=O) groups excluding carboxylic acids is 2. The summed E-state index contributed by atoms with van der Waals surface area (Å²) >= 11 is 0. The number of rotatable bonds is 14. The Balaban J connectivity index is 1.49. The number of nitrogens with zero attached hydrogens (tertiary/aromatic N) is 1. The molecule has 28 atom stereocenters. The molecule has 5 heterocycles. The first-order chi connectivity index (χ1) is 34.5. The number of ether oxygens (including phenoxy) is 11. The minimum atomic E-state index is -2.08. The summed E-state index contributed by atoms with van der Waals surface area (Å²) in [7, 11) is 6.53. The molecule has 5 rings (SSSR count). The summed E-state index contributed by atoms with van der Waals surface area (Å²) < 4.78 is 68.6. The van der Waals surface area contributed by atoms with E-state index in [4.69, 9.17) is 52.1 Å². The summed E-state index contributed by atoms with van der Waals surface area (Å²) in [5.74, 6) is -5.18. The number of Topliss-reactive ketones (excluding diaryl/α,β-unsaturated/α-hetero) is 1. The molecule has 74 heavy (non-hydrogen) atoms. The SMILES string of the molecule is CC[C@H]1OC(=O)[C@H](C)[C@@H](O[C@H]2C[C@@](C)(OC)[C@@H](O[C@@H]3O[C@H](CO)[C@@H](O[C@H]4O[C@@H](CO)[C@H](O)[C@@H](O)[C@@H]4O)[C@H](O)[C@H]3O)[C@H](C)O2)[C@H](C)[C@@H](O[C@@H]2O[C@H](C)C[C@H](N(C)C)[C@H]2O)[C@](C)(OC)C[C@@H](C)C(=O)[C@H](C)[C@@H](O)[C@]1(C)O. The lowest BCUT2D eigenvalue weighted by molar-refractivity contribution is -0.380. The van der Waals surface area contributed by atoms with Crippen LogP contribution in [0.5, 0.6) is 0 Å². The van der Waals surface area contributed by atoms with E-state index in [0.717, 1.165) is 0 Å². The lowest BCUT2D eigenvalue weighted by atomic mass is 9.74. The predicted molar refractivity (Wildman–Crippen MR) is 256 cm³/mol. The fourth-order valence-electron chi connectivity index (χ4n) is 11.6. The molecule has 432 valence electrons. The van der Waals surface area contributed by atoms with E-state index in [-0.39, 0.29) is 31.4 Å². The highest BCUT2D eigenvalue weighted by molar-refractivity contribution is 5.83. The van der Waals surface area contributed by atoms with Crippen LogP contribution in [0.1, 0.15) is 94.9 Å². The number of likely N-dealkylation sites (N-methyl/N-ethyl adjacent to an activating group) is 1. The summed E-state index contributed by atoms with van der Waals surface area (Å²) in [6.07, 6.45) is -27.7. The molecule has 0 bridgehead atoms. The zero-order chi connectivity index (χ0) is 55.7. The summed E-state index contributed by atoms with van der Waals surface area (Å²) in [4.78, 5) is 30.7. The molecule has 0 aromatic carbocycles. The maximum atomic E-state index is 14.6. The smallest absolute Gasteiger partial charge is 0.311 e. The Morgan fingerprint density at radius 2 is 1.18 bits per heavy atom. The van der Waals surface area contributed by atoms with Gasteiger partial charge >= 0.3 is 5.97 Å². The third-order valence-electron chi connectivity index (χ3n) is 16.5. The van der Waals surface area contributed by atoms with Crippen molar-refractivity contribution in [1.29, 1.82) is 0 Å². The number of ketones is 1. The summed E-state index contributed by atoms with van der Waals surface area (Å²) in [5.41, 5.74) is -4.82. The largest absolute Gasteiger partial charge is 0.459 e. The molecule has 10 N–H and O–H groups in total. The first-order valence-corrected chi connectivity index (χ1v) is 25.9. The van der Waals surface area contributed by atoms with Gasteiger partial charge in [0.05, 0.1) is 60.9 Å². The number of hydrogen-bond donors (Lipinski definition) is 10. The third kappa shape index (κ3) is 13.1. The van der Waals surface area contributed by atoms with E-state index in [1.165, 1.54) is 28.1 Å². The van der Waals surface area contributed by atoms with Crippen LogP contribution in [0.2, 0.25) is 0 Å². The van der Waals surface area contributed by atoms with Crippen molar-refractivity contribution in [2.75, 3.05) is 41.5 Å². The van der Waals surface area contributed by atoms with Crippen LogP contribution in [-0.4, -0.2) is 255 Å². The van der Waals surface area contributed by atoms with Gasteiger partial charge in [0.2, 0.25) is 0 Å². The monoisotopic (exact) mass is 1070 g/mol. The molecule has 24 heteroatoms. The van der Waals surface area contributed by atoms with Crippen molar-refractivity contribution in [3.05, 3.63) is 0 Å². The second-order valence-electron chi connectivity index (χ2n) is 22.2. The standard InChI is InChI=1S/C50H89NO23/c1-15-30-50(10,63)41(61)23(4)32(54)21(2)17-48(8,64-13)42(73-45-33(55)27(51(11)12)16-22(3)66-45)24(5)39(25(6)44(62)70-30)71-31-18-49(9,65-14)43(26(7)67-31)74-47-38(60)36(58)40(29(20-53)69-47)72-46-37(59)35(57)34(56)28(19-52)68-46/h21-31,33-43,45-47,52-53,55-61,63H,15-20H2,1-14H3/t21-,22-,23+,24+,25-,26+,27+,28+,29-,30-,31+,33-,34+,35-,36-,37+,38-,39+,40-,41-,42-,43+,45+,46-,47+,48-,49-,50-/m1/s1. The van der Waals surface area contributed by atoms with Crippen molar-refractivity contribution in [1.82, 2.24) is 4.90 Å². The Bertz CT molecular complexity index is 1800. The molecule has 0 aliphatic carbocycles. The summed E-state index contributed by atoms with van der Waals surface area (Å²) in [6, 6.07) is -0.378. The van der Waals surface area contributed by atoms with Crippen LogP contribution in [0.15, 0.2) is 0 Å². The molecule has 0 amide bonds. The van der Waals surface area contributed by atoms with Gasteiger partial charge in [-0.2, -0.15) is 0 Å². The van der Waals surface area contributed by atoms with Crippen LogP contribution in [-0.2, 0) is 61.7 Å². The first-order valence-electron chi connectivity index (χ1n) is 25.9. The Kier molecular flexibility index (Phi) is 21.8. The fraction of sp³-hybridized carbons (Fsp3) is 0.960. The molecular formula is C50H89NO23. The molecule has 5 fully saturated rings. The van der Waals surface area contributed by atoms with Gasteiger partial charge in [-0.3, -0.25) is 9.59 Å². The number of cyclic esters (lactones) is 1. The van der Waals surface area contributed by atoms with Gasteiger partial charge in [0.25, 0.3) is 0 Å². The molecule has 24 nitrogen and oxygen atoms in total. The van der Waals surface area contributed by atoms with Crippen molar-refractivity contribution in [3.8, 4) is 0 Å². The van der Waals surface area contributed by atoms with E-state index in [1.54, 1.807) is 48.5 Å². The minimum Gasteiger partial charge on any atom is -0.459 e. The number of aliphatic hydroxyl groups excluding tert-OH is 9. The molecular weight excluding hydrogens is 983 g/mol. The predicted octanol–water partition coefficient (Wildman–Crippen LogP) is -1.91. The van der Waals surface area contributed by atoms with E-state index in [2.05, 4.69) is 0 Å². The Labute approximate surface area is 434 Å². The Morgan fingerprint density at radius 1 is 0.635 bits per heavy atom. The molecule has 5 aliphatic heterocycles. The van der Waals surface area contributed by atoms with Gasteiger partial charge in [-0.15, -0.1) is 0 Å². The Hall–Kier alpha value is -1.70. The molecule has 0 aromatic rings. The van der Waals surface area contributed by atoms with E-state index in [9.17, 15) is 60.7 Å². The maximum Gasteiger partial charge on any atom is 0.311 e. The summed E-state index contributed by atoms with van der Waals surface area (Å²) in [5, 5.41) is 109. The highest BCUT2D eigenvalue weighted by Crippen LogP contribution is 2.43. The van der Waals surface area contributed by atoms with E-state index < -0.39 is 182 Å². The molecule has 5 aliphatic rings. The number of hydrogen-bond acceptors (Lipinski definition) is 24. The fourth-order valence-corrected chi connectivity index (χ4v) is 11.6. The Morgan fingerprint density at radius 3 is 1.74 bits per heavy atom. The number of aliphatic hydroxyl groups is 10. The zero-order valence-corrected chi connectivity index (χ0v) is 45.4. The number of methoxy groups -OCH3 is 2. The second-order valence-corrected chi connectivity index (χ2v) is 22.2. The van der Waals surface area contributed by atoms with E-state index in [0.29, 0.717) is 6.42 Å². The van der Waals surface area contributed by atoms with Crippen molar-refractivity contribution in [2.45, 2.75) is 241 Å². The molecule has 0 saturated carbocycles. The molecule has 0 radical (unpaired) electrons. The van der Waals surface area contributed by atoms with Crippen molar-refractivity contribution < 1.29 is 113 Å². The number of esters is 1. The van der Waals surface area contributed by atoms with Crippen LogP contribution in [0.4, 0.5) is 0 Å². The van der Waals surface area contributed by atoms with Gasteiger partial charge < -0.3 is 108 Å². The van der Waals surface area contributed by atoms with Gasteiger partial charge in [-0.25, -0.2) is 0 Å². The third-order valence-corrected chi connectivity index (χ3v) is 16.5. The van der Waals surface area contributed by atoms with Crippen LogP contribution >= 0.6 is 0 Å². The topological polar surface area (TPSA) is 341 Å². The molecule has 5 saturated heterocycles. The van der Waals surface area contributed by atoms with E-state index >= 15 is 0 Å². The van der Waals surface area contributed by atoms with Crippen molar-refractivity contribution in [2.24, 2.45) is 23.7 Å². The molecule has 0 spiro atoms. The van der Waals surface area contributed by atoms with Crippen molar-refractivity contribution >= 4 is 11.8 Å². The minimum absolute atomic E-state index is 0.00799.